The first-order chi connectivity index (χ1) is 14.5. The van der Waals surface area contributed by atoms with Gasteiger partial charge in [-0.25, -0.2) is 8.42 Å². The van der Waals surface area contributed by atoms with Crippen LogP contribution in [0.25, 0.3) is 0 Å². The molecule has 3 aromatic rings. The summed E-state index contributed by atoms with van der Waals surface area (Å²) in [6, 6.07) is 18.1. The van der Waals surface area contributed by atoms with Gasteiger partial charge < -0.3 is 4.42 Å². The molecule has 0 spiro atoms. The lowest BCUT2D eigenvalue weighted by Crippen LogP contribution is -2.45. The molecule has 8 heteroatoms. The predicted molar refractivity (Wildman–Crippen MR) is 121 cm³/mol. The van der Waals surface area contributed by atoms with Crippen LogP contribution < -0.4 is 4.72 Å². The zero-order valence-corrected chi connectivity index (χ0v) is 18.9. The Morgan fingerprint density at radius 1 is 0.867 bits per heavy atom. The summed E-state index contributed by atoms with van der Waals surface area (Å²) >= 11 is 3.32. The third-order valence-electron chi connectivity index (χ3n) is 5.16. The number of nitrogens with zero attached hydrogens (tertiary/aromatic N) is 2. The quantitative estimate of drug-likeness (QED) is 0.539. The molecule has 158 valence electrons. The van der Waals surface area contributed by atoms with Gasteiger partial charge in [0.1, 0.15) is 5.76 Å². The average molecular weight is 490 g/mol. The molecule has 0 aliphatic carbocycles. The minimum absolute atomic E-state index is 0.238. The number of hydrogen-bond donors (Lipinski definition) is 1. The Labute approximate surface area is 185 Å². The smallest absolute Gasteiger partial charge is 0.261 e. The van der Waals surface area contributed by atoms with Gasteiger partial charge in [-0.1, -0.05) is 28.1 Å². The monoisotopic (exact) mass is 489 g/mol. The molecular formula is C22H24BrN3O3S. The fourth-order valence-electron chi connectivity index (χ4n) is 3.49. The molecule has 1 aliphatic heterocycles. The Kier molecular flexibility index (Phi) is 6.58. The van der Waals surface area contributed by atoms with Crippen molar-refractivity contribution in [2.24, 2.45) is 0 Å². The predicted octanol–water partition coefficient (Wildman–Crippen LogP) is 4.16. The van der Waals surface area contributed by atoms with Crippen molar-refractivity contribution in [3.05, 3.63) is 82.7 Å². The van der Waals surface area contributed by atoms with E-state index >= 15 is 0 Å². The van der Waals surface area contributed by atoms with Gasteiger partial charge in [0, 0.05) is 42.9 Å². The van der Waals surface area contributed by atoms with E-state index in [-0.39, 0.29) is 4.90 Å². The van der Waals surface area contributed by atoms with Crippen molar-refractivity contribution < 1.29 is 12.8 Å². The molecule has 6 nitrogen and oxygen atoms in total. The lowest BCUT2D eigenvalue weighted by Gasteiger charge is -2.34. The van der Waals surface area contributed by atoms with Crippen molar-refractivity contribution in [2.75, 3.05) is 30.9 Å². The van der Waals surface area contributed by atoms with E-state index in [0.717, 1.165) is 49.5 Å². The zero-order valence-electron chi connectivity index (χ0n) is 16.5. The Balaban J connectivity index is 1.29. The van der Waals surface area contributed by atoms with Crippen LogP contribution in [0.15, 0.2) is 80.7 Å². The first-order valence-corrected chi connectivity index (χ1v) is 12.1. The number of halogens is 1. The Morgan fingerprint density at radius 2 is 1.50 bits per heavy atom. The van der Waals surface area contributed by atoms with E-state index in [9.17, 15) is 8.42 Å². The molecule has 2 aromatic carbocycles. The highest BCUT2D eigenvalue weighted by atomic mass is 79.9. The maximum Gasteiger partial charge on any atom is 0.261 e. The number of nitrogens with one attached hydrogen (secondary N) is 1. The van der Waals surface area contributed by atoms with Gasteiger partial charge in [0.05, 0.1) is 17.7 Å². The molecule has 0 unspecified atom stereocenters. The number of sulfonamides is 1. The normalized spacial score (nSPS) is 15.9. The van der Waals surface area contributed by atoms with Gasteiger partial charge in [0.15, 0.2) is 0 Å². The first kappa shape index (κ1) is 21.1. The standard InChI is InChI=1S/C22H24BrN3O3S/c23-19-5-9-22(10-6-19)30(27,28)24-20-7-3-18(4-8-20)16-25-11-13-26(14-12-25)17-21-2-1-15-29-21/h1-10,15,24H,11-14,16-17H2. The van der Waals surface area contributed by atoms with Crippen LogP contribution in [0.5, 0.6) is 0 Å². The molecule has 1 N–H and O–H groups in total. The van der Waals surface area contributed by atoms with Crippen LogP contribution in [0.1, 0.15) is 11.3 Å². The van der Waals surface area contributed by atoms with Crippen molar-refractivity contribution in [3.8, 4) is 0 Å². The van der Waals surface area contributed by atoms with Gasteiger partial charge in [-0.05, 0) is 54.1 Å². The summed E-state index contributed by atoms with van der Waals surface area (Å²) < 4.78 is 33.9. The Morgan fingerprint density at radius 3 is 2.10 bits per heavy atom. The van der Waals surface area contributed by atoms with Crippen LogP contribution in [0, 0.1) is 0 Å². The Bertz CT molecular complexity index is 1040. The first-order valence-electron chi connectivity index (χ1n) is 9.82. The number of benzene rings is 2. The summed E-state index contributed by atoms with van der Waals surface area (Å²) in [6.07, 6.45) is 1.72. The van der Waals surface area contributed by atoms with E-state index in [2.05, 4.69) is 30.5 Å². The molecule has 1 aliphatic rings. The lowest BCUT2D eigenvalue weighted by molar-refractivity contribution is 0.116. The number of rotatable bonds is 7. The minimum Gasteiger partial charge on any atom is -0.468 e. The number of hydrogen-bond acceptors (Lipinski definition) is 5. The van der Waals surface area contributed by atoms with E-state index in [1.165, 1.54) is 5.56 Å². The second kappa shape index (κ2) is 9.34. The van der Waals surface area contributed by atoms with E-state index in [4.69, 9.17) is 4.42 Å². The Hall–Kier alpha value is -2.13. The molecule has 1 fully saturated rings. The fraction of sp³-hybridized carbons (Fsp3) is 0.273. The SMILES string of the molecule is O=S(=O)(Nc1ccc(CN2CCN(Cc3ccco3)CC2)cc1)c1ccc(Br)cc1. The van der Waals surface area contributed by atoms with Gasteiger partial charge >= 0.3 is 0 Å². The molecular weight excluding hydrogens is 466 g/mol. The van der Waals surface area contributed by atoms with Crippen molar-refractivity contribution in [2.45, 2.75) is 18.0 Å². The van der Waals surface area contributed by atoms with Crippen molar-refractivity contribution >= 4 is 31.6 Å². The van der Waals surface area contributed by atoms with Gasteiger partial charge in [-0.3, -0.25) is 14.5 Å². The largest absolute Gasteiger partial charge is 0.468 e. The molecule has 1 aromatic heterocycles. The topological polar surface area (TPSA) is 65.8 Å². The summed E-state index contributed by atoms with van der Waals surface area (Å²) in [5, 5.41) is 0. The molecule has 30 heavy (non-hydrogen) atoms. The summed E-state index contributed by atoms with van der Waals surface area (Å²) in [5.41, 5.74) is 1.73. The molecule has 2 heterocycles. The second-order valence-electron chi connectivity index (χ2n) is 7.39. The van der Waals surface area contributed by atoms with Crippen LogP contribution in [-0.4, -0.2) is 44.4 Å². The van der Waals surface area contributed by atoms with Crippen LogP contribution in [0.4, 0.5) is 5.69 Å². The van der Waals surface area contributed by atoms with E-state index in [0.29, 0.717) is 5.69 Å². The zero-order chi connectivity index (χ0) is 21.0. The molecule has 0 amide bonds. The summed E-state index contributed by atoms with van der Waals surface area (Å²) in [7, 11) is -3.59. The number of anilines is 1. The highest BCUT2D eigenvalue weighted by Crippen LogP contribution is 2.20. The van der Waals surface area contributed by atoms with Crippen molar-refractivity contribution in [1.82, 2.24) is 9.80 Å². The van der Waals surface area contributed by atoms with E-state index < -0.39 is 10.0 Å². The molecule has 0 saturated carbocycles. The van der Waals surface area contributed by atoms with Crippen molar-refractivity contribution in [1.29, 1.82) is 0 Å². The average Bonchev–Trinajstić information content (AvgIpc) is 3.24. The maximum absolute atomic E-state index is 12.5. The minimum atomic E-state index is -3.59. The molecule has 0 bridgehead atoms. The highest BCUT2D eigenvalue weighted by molar-refractivity contribution is 9.10. The van der Waals surface area contributed by atoms with E-state index in [1.807, 2.05) is 36.4 Å². The van der Waals surface area contributed by atoms with Crippen LogP contribution >= 0.6 is 15.9 Å². The lowest BCUT2D eigenvalue weighted by atomic mass is 10.2. The fourth-order valence-corrected chi connectivity index (χ4v) is 4.82. The number of furan rings is 1. The summed E-state index contributed by atoms with van der Waals surface area (Å²) in [4.78, 5) is 5.05. The van der Waals surface area contributed by atoms with E-state index in [1.54, 1.807) is 30.5 Å². The molecule has 4 rings (SSSR count). The molecule has 1 saturated heterocycles. The third kappa shape index (κ3) is 5.51. The van der Waals surface area contributed by atoms with Crippen LogP contribution in [0.2, 0.25) is 0 Å². The van der Waals surface area contributed by atoms with Gasteiger partial charge in [0.2, 0.25) is 0 Å². The van der Waals surface area contributed by atoms with Gasteiger partial charge in [-0.2, -0.15) is 0 Å². The highest BCUT2D eigenvalue weighted by Gasteiger charge is 2.18. The molecule has 0 atom stereocenters. The third-order valence-corrected chi connectivity index (χ3v) is 7.09. The summed E-state index contributed by atoms with van der Waals surface area (Å²) in [6.45, 7) is 5.72. The van der Waals surface area contributed by atoms with Gasteiger partial charge in [-0.15, -0.1) is 0 Å². The summed E-state index contributed by atoms with van der Waals surface area (Å²) in [5.74, 6) is 1.00. The van der Waals surface area contributed by atoms with Crippen LogP contribution in [-0.2, 0) is 23.1 Å². The van der Waals surface area contributed by atoms with Crippen LogP contribution in [0.3, 0.4) is 0 Å². The van der Waals surface area contributed by atoms with Crippen molar-refractivity contribution in [3.63, 3.8) is 0 Å². The second-order valence-corrected chi connectivity index (χ2v) is 9.99. The maximum atomic E-state index is 12.5. The molecule has 0 radical (unpaired) electrons. The van der Waals surface area contributed by atoms with Gasteiger partial charge in [0.25, 0.3) is 10.0 Å². The number of piperazine rings is 1.